The molecule has 0 aliphatic carbocycles. The molecule has 0 radical (unpaired) electrons. The molecule has 88 valence electrons. The van der Waals surface area contributed by atoms with Crippen LogP contribution in [0.5, 0.6) is 0 Å². The van der Waals surface area contributed by atoms with Gasteiger partial charge in [0, 0.05) is 16.4 Å². The number of aromatic amines is 1. The molecule has 0 bridgehead atoms. The van der Waals surface area contributed by atoms with Crippen LogP contribution < -0.4 is 5.32 Å². The fraction of sp³-hybridized carbons (Fsp3) is 0.167. The molecule has 0 saturated heterocycles. The molecule has 0 fully saturated rings. The summed E-state index contributed by atoms with van der Waals surface area (Å²) >= 11 is 5.75. The van der Waals surface area contributed by atoms with Gasteiger partial charge in [-0.2, -0.15) is 5.10 Å². The highest BCUT2D eigenvalue weighted by molar-refractivity contribution is 6.30. The van der Waals surface area contributed by atoms with Gasteiger partial charge in [0.05, 0.1) is 12.1 Å². The summed E-state index contributed by atoms with van der Waals surface area (Å²) in [6.07, 6.45) is 0.257. The van der Waals surface area contributed by atoms with Crippen LogP contribution in [0.2, 0.25) is 5.02 Å². The van der Waals surface area contributed by atoms with E-state index in [1.807, 2.05) is 13.0 Å². The molecule has 1 aromatic carbocycles. The molecule has 0 unspecified atom stereocenters. The van der Waals surface area contributed by atoms with Gasteiger partial charge in [-0.25, -0.2) is 0 Å². The number of anilines is 1. The van der Waals surface area contributed by atoms with Crippen molar-refractivity contribution in [3.05, 3.63) is 46.7 Å². The van der Waals surface area contributed by atoms with Crippen LogP contribution in [0.1, 0.15) is 11.4 Å². The molecule has 0 atom stereocenters. The lowest BCUT2D eigenvalue weighted by molar-refractivity contribution is -0.115. The Kier molecular flexibility index (Phi) is 3.44. The monoisotopic (exact) mass is 249 g/mol. The summed E-state index contributed by atoms with van der Waals surface area (Å²) in [5, 5.41) is 10.2. The molecule has 5 heteroatoms. The molecule has 1 amide bonds. The summed E-state index contributed by atoms with van der Waals surface area (Å²) in [6, 6.07) is 8.83. The van der Waals surface area contributed by atoms with Crippen LogP contribution >= 0.6 is 11.6 Å². The molecular formula is C12H12ClN3O. The average molecular weight is 250 g/mol. The van der Waals surface area contributed by atoms with Crippen molar-refractivity contribution in [2.24, 2.45) is 0 Å². The third-order valence-electron chi connectivity index (χ3n) is 2.23. The van der Waals surface area contributed by atoms with Crippen LogP contribution in [0.25, 0.3) is 0 Å². The number of rotatable bonds is 3. The minimum absolute atomic E-state index is 0.0983. The Morgan fingerprint density at radius 2 is 2.12 bits per heavy atom. The van der Waals surface area contributed by atoms with E-state index < -0.39 is 0 Å². The molecule has 17 heavy (non-hydrogen) atoms. The van der Waals surface area contributed by atoms with Gasteiger partial charge >= 0.3 is 0 Å². The Labute approximate surface area is 104 Å². The maximum atomic E-state index is 11.7. The molecule has 1 aromatic heterocycles. The first-order valence-corrected chi connectivity index (χ1v) is 5.57. The first kappa shape index (κ1) is 11.7. The number of nitrogens with zero attached hydrogens (tertiary/aromatic N) is 1. The fourth-order valence-electron chi connectivity index (χ4n) is 1.47. The summed E-state index contributed by atoms with van der Waals surface area (Å²) in [4.78, 5) is 11.7. The third kappa shape index (κ3) is 3.32. The van der Waals surface area contributed by atoms with E-state index in [1.165, 1.54) is 0 Å². The van der Waals surface area contributed by atoms with Crippen molar-refractivity contribution in [1.82, 2.24) is 10.2 Å². The molecular weight excluding hydrogens is 238 g/mol. The van der Waals surface area contributed by atoms with Gasteiger partial charge in [0.15, 0.2) is 0 Å². The Morgan fingerprint density at radius 1 is 1.41 bits per heavy atom. The zero-order valence-corrected chi connectivity index (χ0v) is 10.1. The third-order valence-corrected chi connectivity index (χ3v) is 2.48. The van der Waals surface area contributed by atoms with Crippen molar-refractivity contribution in [1.29, 1.82) is 0 Å². The van der Waals surface area contributed by atoms with Gasteiger partial charge < -0.3 is 5.32 Å². The Balaban J connectivity index is 1.95. The summed E-state index contributed by atoms with van der Waals surface area (Å²) in [5.74, 6) is -0.0983. The van der Waals surface area contributed by atoms with E-state index in [0.29, 0.717) is 5.02 Å². The highest BCUT2D eigenvalue weighted by Crippen LogP contribution is 2.13. The predicted molar refractivity (Wildman–Crippen MR) is 67.1 cm³/mol. The van der Waals surface area contributed by atoms with Crippen molar-refractivity contribution in [3.8, 4) is 0 Å². The number of carbonyl (C=O) groups is 1. The number of aromatic nitrogens is 2. The molecule has 0 saturated carbocycles. The predicted octanol–water partition coefficient (Wildman–Crippen LogP) is 2.55. The topological polar surface area (TPSA) is 57.8 Å². The number of H-pyrrole nitrogens is 1. The largest absolute Gasteiger partial charge is 0.326 e. The van der Waals surface area contributed by atoms with Crippen LogP contribution in [-0.2, 0) is 11.2 Å². The Bertz CT molecular complexity index is 519. The van der Waals surface area contributed by atoms with Crippen molar-refractivity contribution in [2.45, 2.75) is 13.3 Å². The van der Waals surface area contributed by atoms with Crippen molar-refractivity contribution >= 4 is 23.2 Å². The van der Waals surface area contributed by atoms with E-state index in [2.05, 4.69) is 15.5 Å². The molecule has 0 spiro atoms. The smallest absolute Gasteiger partial charge is 0.230 e. The highest BCUT2D eigenvalue weighted by atomic mass is 35.5. The zero-order valence-electron chi connectivity index (χ0n) is 9.33. The van der Waals surface area contributed by atoms with Gasteiger partial charge in [0.1, 0.15) is 0 Å². The second kappa shape index (κ2) is 5.01. The van der Waals surface area contributed by atoms with Gasteiger partial charge in [0.25, 0.3) is 0 Å². The Hall–Kier alpha value is -1.81. The first-order chi connectivity index (χ1) is 8.13. The maximum Gasteiger partial charge on any atom is 0.230 e. The molecule has 1 heterocycles. The van der Waals surface area contributed by atoms with Gasteiger partial charge in [-0.15, -0.1) is 0 Å². The van der Waals surface area contributed by atoms with E-state index in [4.69, 9.17) is 11.6 Å². The van der Waals surface area contributed by atoms with E-state index in [-0.39, 0.29) is 12.3 Å². The fourth-order valence-corrected chi connectivity index (χ4v) is 1.59. The minimum atomic E-state index is -0.0983. The number of hydrogen-bond donors (Lipinski definition) is 2. The number of amides is 1. The number of benzene rings is 1. The first-order valence-electron chi connectivity index (χ1n) is 5.20. The van der Waals surface area contributed by atoms with Crippen molar-refractivity contribution < 1.29 is 4.79 Å². The molecule has 2 rings (SSSR count). The molecule has 2 N–H and O–H groups in total. The quantitative estimate of drug-likeness (QED) is 0.878. The summed E-state index contributed by atoms with van der Waals surface area (Å²) in [5.41, 5.74) is 2.40. The van der Waals surface area contributed by atoms with E-state index in [0.717, 1.165) is 17.1 Å². The lowest BCUT2D eigenvalue weighted by Gasteiger charge is -2.03. The number of hydrogen-bond acceptors (Lipinski definition) is 2. The van der Waals surface area contributed by atoms with E-state index >= 15 is 0 Å². The van der Waals surface area contributed by atoms with Crippen LogP contribution in [0.3, 0.4) is 0 Å². The summed E-state index contributed by atoms with van der Waals surface area (Å²) in [7, 11) is 0. The standard InChI is InChI=1S/C12H12ClN3O/c1-8-6-11(16-15-8)7-12(17)14-10-4-2-9(13)3-5-10/h2-6H,7H2,1H3,(H,14,17)(H,15,16). The van der Waals surface area contributed by atoms with Crippen LogP contribution in [0.15, 0.2) is 30.3 Å². The van der Waals surface area contributed by atoms with Crippen molar-refractivity contribution in [3.63, 3.8) is 0 Å². The van der Waals surface area contributed by atoms with Crippen LogP contribution in [0, 0.1) is 6.92 Å². The summed E-state index contributed by atoms with van der Waals surface area (Å²) in [6.45, 7) is 1.90. The van der Waals surface area contributed by atoms with Crippen LogP contribution in [0.4, 0.5) is 5.69 Å². The molecule has 4 nitrogen and oxygen atoms in total. The Morgan fingerprint density at radius 3 is 2.71 bits per heavy atom. The summed E-state index contributed by atoms with van der Waals surface area (Å²) < 4.78 is 0. The SMILES string of the molecule is Cc1cc(CC(=O)Nc2ccc(Cl)cc2)n[nH]1. The lowest BCUT2D eigenvalue weighted by Crippen LogP contribution is -2.14. The molecule has 2 aromatic rings. The number of carbonyl (C=O) groups excluding carboxylic acids is 1. The number of nitrogens with one attached hydrogen (secondary N) is 2. The average Bonchev–Trinajstić information content (AvgIpc) is 2.67. The normalized spacial score (nSPS) is 10.2. The lowest BCUT2D eigenvalue weighted by atomic mass is 10.2. The van der Waals surface area contributed by atoms with Crippen molar-refractivity contribution in [2.75, 3.05) is 5.32 Å². The van der Waals surface area contributed by atoms with E-state index in [9.17, 15) is 4.79 Å². The molecule has 0 aliphatic rings. The van der Waals surface area contributed by atoms with Gasteiger partial charge in [-0.05, 0) is 37.3 Å². The minimum Gasteiger partial charge on any atom is -0.326 e. The zero-order chi connectivity index (χ0) is 12.3. The number of halogens is 1. The second-order valence-corrected chi connectivity index (χ2v) is 4.21. The van der Waals surface area contributed by atoms with Crippen LogP contribution in [-0.4, -0.2) is 16.1 Å². The maximum absolute atomic E-state index is 11.7. The van der Waals surface area contributed by atoms with Gasteiger partial charge in [0.2, 0.25) is 5.91 Å². The van der Waals surface area contributed by atoms with E-state index in [1.54, 1.807) is 24.3 Å². The highest BCUT2D eigenvalue weighted by Gasteiger charge is 2.06. The van der Waals surface area contributed by atoms with Gasteiger partial charge in [-0.1, -0.05) is 11.6 Å². The second-order valence-electron chi connectivity index (χ2n) is 3.77. The molecule has 0 aliphatic heterocycles. The van der Waals surface area contributed by atoms with Gasteiger partial charge in [-0.3, -0.25) is 9.89 Å². The number of aryl methyl sites for hydroxylation is 1.